The lowest BCUT2D eigenvalue weighted by atomic mass is 10.3. The zero-order valence-corrected chi connectivity index (χ0v) is 11.8. The molecule has 0 amide bonds. The predicted octanol–water partition coefficient (Wildman–Crippen LogP) is 3.12. The van der Waals surface area contributed by atoms with Crippen LogP contribution in [-0.4, -0.2) is 14.5 Å². The summed E-state index contributed by atoms with van der Waals surface area (Å²) >= 11 is 1.21. The van der Waals surface area contributed by atoms with E-state index < -0.39 is 10.0 Å². The van der Waals surface area contributed by atoms with E-state index in [9.17, 15) is 8.42 Å². The zero-order valence-electron chi connectivity index (χ0n) is 10.2. The molecular formula is C13H14N2O2S2. The third kappa shape index (κ3) is 3.08. The molecular weight excluding hydrogens is 280 g/mol. The Morgan fingerprint density at radius 2 is 1.74 bits per heavy atom. The topological polar surface area (TPSA) is 58.2 Å². The van der Waals surface area contributed by atoms with Gasteiger partial charge in [0.05, 0.1) is 0 Å². The van der Waals surface area contributed by atoms with Gasteiger partial charge in [-0.05, 0) is 48.6 Å². The third-order valence-electron chi connectivity index (χ3n) is 2.85. The van der Waals surface area contributed by atoms with Crippen LogP contribution in [0.2, 0.25) is 0 Å². The van der Waals surface area contributed by atoms with E-state index in [1.807, 2.05) is 12.1 Å². The summed E-state index contributed by atoms with van der Waals surface area (Å²) in [6.45, 7) is 0. The van der Waals surface area contributed by atoms with Crippen LogP contribution in [0.4, 0.5) is 11.4 Å². The average molecular weight is 294 g/mol. The van der Waals surface area contributed by atoms with Crippen molar-refractivity contribution in [2.24, 2.45) is 0 Å². The highest BCUT2D eigenvalue weighted by Crippen LogP contribution is 2.26. The van der Waals surface area contributed by atoms with Crippen LogP contribution in [0.25, 0.3) is 0 Å². The smallest absolute Gasteiger partial charge is 0.271 e. The Hall–Kier alpha value is -1.53. The highest BCUT2D eigenvalue weighted by atomic mass is 32.2. The van der Waals surface area contributed by atoms with Crippen molar-refractivity contribution in [3.05, 3.63) is 41.8 Å². The number of hydrogen-bond donors (Lipinski definition) is 2. The fourth-order valence-corrected chi connectivity index (χ4v) is 3.77. The molecule has 100 valence electrons. The standard InChI is InChI=1S/C13H14N2O2S2/c16-19(17,13-2-1-9-18-13)15-12-7-5-11(6-8-12)14-10-3-4-10/h1-2,5-10,14-15H,3-4H2. The van der Waals surface area contributed by atoms with Crippen LogP contribution in [0.15, 0.2) is 46.0 Å². The predicted molar refractivity (Wildman–Crippen MR) is 78.2 cm³/mol. The van der Waals surface area contributed by atoms with Crippen LogP contribution in [0.1, 0.15) is 12.8 Å². The van der Waals surface area contributed by atoms with Gasteiger partial charge in [0.2, 0.25) is 0 Å². The molecule has 1 fully saturated rings. The molecule has 6 heteroatoms. The highest BCUT2D eigenvalue weighted by molar-refractivity contribution is 7.94. The summed E-state index contributed by atoms with van der Waals surface area (Å²) in [6, 6.07) is 11.2. The first-order valence-electron chi connectivity index (χ1n) is 6.06. The lowest BCUT2D eigenvalue weighted by molar-refractivity contribution is 0.603. The summed E-state index contributed by atoms with van der Waals surface area (Å²) in [4.78, 5) is 0. The zero-order chi connectivity index (χ0) is 13.3. The third-order valence-corrected chi connectivity index (χ3v) is 5.62. The summed E-state index contributed by atoms with van der Waals surface area (Å²) in [7, 11) is -3.45. The van der Waals surface area contributed by atoms with Crippen molar-refractivity contribution < 1.29 is 8.42 Å². The van der Waals surface area contributed by atoms with Crippen molar-refractivity contribution in [2.45, 2.75) is 23.1 Å². The maximum absolute atomic E-state index is 12.0. The Balaban J connectivity index is 1.72. The van der Waals surface area contributed by atoms with Crippen molar-refractivity contribution >= 4 is 32.7 Å². The molecule has 2 N–H and O–H groups in total. The largest absolute Gasteiger partial charge is 0.382 e. The van der Waals surface area contributed by atoms with Crippen molar-refractivity contribution in [2.75, 3.05) is 10.0 Å². The summed E-state index contributed by atoms with van der Waals surface area (Å²) < 4.78 is 26.9. The van der Waals surface area contributed by atoms with E-state index in [0.717, 1.165) is 5.69 Å². The van der Waals surface area contributed by atoms with Crippen LogP contribution in [0.3, 0.4) is 0 Å². The lowest BCUT2D eigenvalue weighted by Gasteiger charge is -2.08. The SMILES string of the molecule is O=S(=O)(Nc1ccc(NC2CC2)cc1)c1cccs1. The monoisotopic (exact) mass is 294 g/mol. The summed E-state index contributed by atoms with van der Waals surface area (Å²) in [5.74, 6) is 0. The Morgan fingerprint density at radius 1 is 1.05 bits per heavy atom. The first-order chi connectivity index (χ1) is 9.13. The minimum absolute atomic E-state index is 0.327. The molecule has 0 spiro atoms. The first-order valence-corrected chi connectivity index (χ1v) is 8.43. The highest BCUT2D eigenvalue weighted by Gasteiger charge is 2.20. The van der Waals surface area contributed by atoms with Crippen LogP contribution in [0, 0.1) is 0 Å². The number of benzene rings is 1. The molecule has 0 radical (unpaired) electrons. The summed E-state index contributed by atoms with van der Waals surface area (Å²) in [6.07, 6.45) is 2.43. The molecule has 1 aromatic carbocycles. The summed E-state index contributed by atoms with van der Waals surface area (Å²) in [5, 5.41) is 5.11. The average Bonchev–Trinajstić information content (AvgIpc) is 3.01. The minimum Gasteiger partial charge on any atom is -0.382 e. The number of hydrogen-bond acceptors (Lipinski definition) is 4. The van der Waals surface area contributed by atoms with Crippen LogP contribution in [0.5, 0.6) is 0 Å². The molecule has 1 saturated carbocycles. The quantitative estimate of drug-likeness (QED) is 0.890. The van der Waals surface area contributed by atoms with Gasteiger partial charge < -0.3 is 5.32 Å². The van der Waals surface area contributed by atoms with Crippen LogP contribution < -0.4 is 10.0 Å². The number of anilines is 2. The number of thiophene rings is 1. The number of rotatable bonds is 5. The molecule has 0 atom stereocenters. The molecule has 1 heterocycles. The van der Waals surface area contributed by atoms with Gasteiger partial charge in [-0.2, -0.15) is 0 Å². The Morgan fingerprint density at radius 3 is 2.32 bits per heavy atom. The van der Waals surface area contributed by atoms with E-state index in [1.165, 1.54) is 24.2 Å². The molecule has 0 saturated heterocycles. The maximum Gasteiger partial charge on any atom is 0.271 e. The molecule has 0 unspecified atom stereocenters. The van der Waals surface area contributed by atoms with Gasteiger partial charge in [-0.1, -0.05) is 6.07 Å². The normalized spacial score (nSPS) is 15.2. The van der Waals surface area contributed by atoms with E-state index >= 15 is 0 Å². The van der Waals surface area contributed by atoms with Crippen LogP contribution in [-0.2, 0) is 10.0 Å². The van der Waals surface area contributed by atoms with Crippen molar-refractivity contribution in [3.8, 4) is 0 Å². The minimum atomic E-state index is -3.45. The van der Waals surface area contributed by atoms with Crippen molar-refractivity contribution in [1.82, 2.24) is 0 Å². The van der Waals surface area contributed by atoms with Gasteiger partial charge in [0, 0.05) is 17.4 Å². The van der Waals surface area contributed by atoms with Gasteiger partial charge in [0.1, 0.15) is 4.21 Å². The fraction of sp³-hybridized carbons (Fsp3) is 0.231. The van der Waals surface area contributed by atoms with Gasteiger partial charge in [-0.25, -0.2) is 8.42 Å². The van der Waals surface area contributed by atoms with E-state index in [4.69, 9.17) is 0 Å². The van der Waals surface area contributed by atoms with Gasteiger partial charge in [-0.3, -0.25) is 4.72 Å². The molecule has 19 heavy (non-hydrogen) atoms. The van der Waals surface area contributed by atoms with E-state index in [0.29, 0.717) is 15.9 Å². The molecule has 1 aliphatic rings. The molecule has 1 aromatic heterocycles. The second kappa shape index (κ2) is 4.86. The van der Waals surface area contributed by atoms with E-state index in [1.54, 1.807) is 29.6 Å². The van der Waals surface area contributed by atoms with Gasteiger partial charge >= 0.3 is 0 Å². The van der Waals surface area contributed by atoms with Gasteiger partial charge in [0.25, 0.3) is 10.0 Å². The molecule has 3 rings (SSSR count). The molecule has 4 nitrogen and oxygen atoms in total. The number of sulfonamides is 1. The number of nitrogens with one attached hydrogen (secondary N) is 2. The second-order valence-corrected chi connectivity index (χ2v) is 7.39. The van der Waals surface area contributed by atoms with Crippen molar-refractivity contribution in [3.63, 3.8) is 0 Å². The Bertz CT molecular complexity index is 644. The van der Waals surface area contributed by atoms with E-state index in [-0.39, 0.29) is 0 Å². The molecule has 2 aromatic rings. The first kappa shape index (κ1) is 12.5. The Kier molecular flexibility index (Phi) is 3.20. The van der Waals surface area contributed by atoms with E-state index in [2.05, 4.69) is 10.0 Å². The van der Waals surface area contributed by atoms with Crippen LogP contribution >= 0.6 is 11.3 Å². The van der Waals surface area contributed by atoms with Gasteiger partial charge in [0.15, 0.2) is 0 Å². The molecule has 1 aliphatic carbocycles. The van der Waals surface area contributed by atoms with Gasteiger partial charge in [-0.15, -0.1) is 11.3 Å². The maximum atomic E-state index is 12.0. The lowest BCUT2D eigenvalue weighted by Crippen LogP contribution is -2.11. The van der Waals surface area contributed by atoms with Crippen molar-refractivity contribution in [1.29, 1.82) is 0 Å². The Labute approximate surface area is 116 Å². The fourth-order valence-electron chi connectivity index (χ4n) is 1.72. The second-order valence-electron chi connectivity index (χ2n) is 4.53. The summed E-state index contributed by atoms with van der Waals surface area (Å²) in [5.41, 5.74) is 1.61. The molecule has 0 aliphatic heterocycles. The molecule has 0 bridgehead atoms.